The first kappa shape index (κ1) is 17.1. The normalized spacial score (nSPS) is 10.6. The monoisotopic (exact) mass is 359 g/mol. The van der Waals surface area contributed by atoms with Crippen molar-refractivity contribution < 1.29 is 14.2 Å². The number of nitrogens with one attached hydrogen (secondary N) is 1. The van der Waals surface area contributed by atoms with E-state index in [1.54, 1.807) is 27.4 Å². The van der Waals surface area contributed by atoms with Gasteiger partial charge in [0.2, 0.25) is 5.28 Å². The number of nitrogens with zero attached hydrogens (tertiary/aromatic N) is 2. The highest BCUT2D eigenvalue weighted by Gasteiger charge is 2.12. The Labute approximate surface area is 150 Å². The highest BCUT2D eigenvalue weighted by molar-refractivity contribution is 6.28. The van der Waals surface area contributed by atoms with E-state index in [9.17, 15) is 0 Å². The number of hydrogen-bond donors (Lipinski definition) is 1. The zero-order valence-electron chi connectivity index (χ0n) is 14.2. The van der Waals surface area contributed by atoms with Crippen molar-refractivity contribution in [1.82, 2.24) is 9.97 Å². The summed E-state index contributed by atoms with van der Waals surface area (Å²) in [5, 5.41) is 4.26. The van der Waals surface area contributed by atoms with E-state index in [0.717, 1.165) is 16.7 Å². The average Bonchev–Trinajstić information content (AvgIpc) is 2.65. The predicted octanol–water partition coefficient (Wildman–Crippen LogP) is 3.92. The Morgan fingerprint density at radius 2 is 1.60 bits per heavy atom. The number of fused-ring (bicyclic) bond motifs is 1. The number of halogens is 1. The van der Waals surface area contributed by atoms with E-state index in [1.807, 2.05) is 30.3 Å². The molecule has 25 heavy (non-hydrogen) atoms. The zero-order valence-corrected chi connectivity index (χ0v) is 14.9. The first-order valence-electron chi connectivity index (χ1n) is 7.60. The Bertz CT molecular complexity index is 885. The fourth-order valence-electron chi connectivity index (χ4n) is 2.49. The molecule has 0 aliphatic carbocycles. The molecule has 7 heteroatoms. The number of anilines is 1. The molecule has 0 amide bonds. The van der Waals surface area contributed by atoms with E-state index < -0.39 is 0 Å². The van der Waals surface area contributed by atoms with Gasteiger partial charge in [-0.15, -0.1) is 0 Å². The molecule has 1 N–H and O–H groups in total. The minimum Gasteiger partial charge on any atom is -0.497 e. The molecule has 0 spiro atoms. The van der Waals surface area contributed by atoms with Crippen molar-refractivity contribution in [2.24, 2.45) is 0 Å². The molecule has 1 aromatic heterocycles. The van der Waals surface area contributed by atoms with Crippen LogP contribution in [0.3, 0.4) is 0 Å². The lowest BCUT2D eigenvalue weighted by molar-refractivity contribution is 0.356. The Hall–Kier alpha value is -2.73. The van der Waals surface area contributed by atoms with Crippen LogP contribution < -0.4 is 19.5 Å². The smallest absolute Gasteiger partial charge is 0.224 e. The Balaban J connectivity index is 1.93. The number of aromatic nitrogens is 2. The van der Waals surface area contributed by atoms with Crippen molar-refractivity contribution >= 4 is 28.3 Å². The summed E-state index contributed by atoms with van der Waals surface area (Å²) in [5.41, 5.74) is 1.76. The second-order valence-electron chi connectivity index (χ2n) is 5.27. The van der Waals surface area contributed by atoms with Crippen molar-refractivity contribution in [3.63, 3.8) is 0 Å². The van der Waals surface area contributed by atoms with Crippen LogP contribution in [0.25, 0.3) is 10.9 Å². The summed E-state index contributed by atoms with van der Waals surface area (Å²) in [6.45, 7) is 0.584. The van der Waals surface area contributed by atoms with Crippen LogP contribution in [0.5, 0.6) is 17.2 Å². The summed E-state index contributed by atoms with van der Waals surface area (Å²) in [7, 11) is 4.81. The number of hydrogen-bond acceptors (Lipinski definition) is 6. The van der Waals surface area contributed by atoms with Crippen LogP contribution in [0.2, 0.25) is 5.28 Å². The Kier molecular flexibility index (Phi) is 5.09. The maximum atomic E-state index is 6.06. The number of rotatable bonds is 6. The van der Waals surface area contributed by atoms with E-state index in [0.29, 0.717) is 29.4 Å². The van der Waals surface area contributed by atoms with Gasteiger partial charge in [-0.2, -0.15) is 0 Å². The van der Waals surface area contributed by atoms with E-state index in [1.165, 1.54) is 0 Å². The van der Waals surface area contributed by atoms with E-state index >= 15 is 0 Å². The lowest BCUT2D eigenvalue weighted by atomic mass is 10.2. The molecule has 0 radical (unpaired) electrons. The maximum absolute atomic E-state index is 6.06. The molecule has 6 nitrogen and oxygen atoms in total. The van der Waals surface area contributed by atoms with Gasteiger partial charge in [-0.05, 0) is 35.4 Å². The average molecular weight is 360 g/mol. The second-order valence-corrected chi connectivity index (χ2v) is 5.61. The molecular formula is C18H18ClN3O3. The standard InChI is InChI=1S/C18H18ClN3O3/c1-23-12-6-4-11(5-7-12)10-20-17-13-8-15(24-2)16(25-3)9-14(13)21-18(19)22-17/h4-9H,10H2,1-3H3,(H,20,21,22). The van der Waals surface area contributed by atoms with Gasteiger partial charge in [-0.25, -0.2) is 9.97 Å². The molecule has 0 fully saturated rings. The minimum absolute atomic E-state index is 0.164. The van der Waals surface area contributed by atoms with Gasteiger partial charge in [-0.1, -0.05) is 12.1 Å². The van der Waals surface area contributed by atoms with Crippen LogP contribution in [0.15, 0.2) is 36.4 Å². The fraction of sp³-hybridized carbons (Fsp3) is 0.222. The number of benzene rings is 2. The molecule has 0 atom stereocenters. The van der Waals surface area contributed by atoms with Crippen LogP contribution in [-0.2, 0) is 6.54 Å². The van der Waals surface area contributed by atoms with Gasteiger partial charge in [0.25, 0.3) is 0 Å². The summed E-state index contributed by atoms with van der Waals surface area (Å²) >= 11 is 6.06. The highest BCUT2D eigenvalue weighted by Crippen LogP contribution is 2.34. The maximum Gasteiger partial charge on any atom is 0.224 e. The lowest BCUT2D eigenvalue weighted by Gasteiger charge is -2.13. The predicted molar refractivity (Wildman–Crippen MR) is 98.0 cm³/mol. The van der Waals surface area contributed by atoms with Crippen molar-refractivity contribution in [2.45, 2.75) is 6.54 Å². The molecular weight excluding hydrogens is 342 g/mol. The number of ether oxygens (including phenoxy) is 3. The topological polar surface area (TPSA) is 65.5 Å². The summed E-state index contributed by atoms with van der Waals surface area (Å²) in [5.74, 6) is 2.64. The molecule has 130 valence electrons. The molecule has 0 bridgehead atoms. The van der Waals surface area contributed by atoms with Gasteiger partial charge in [0.15, 0.2) is 11.5 Å². The summed E-state index contributed by atoms with van der Waals surface area (Å²) in [6.07, 6.45) is 0. The molecule has 0 unspecified atom stereocenters. The second kappa shape index (κ2) is 7.44. The van der Waals surface area contributed by atoms with Crippen LogP contribution in [-0.4, -0.2) is 31.3 Å². The summed E-state index contributed by atoms with van der Waals surface area (Å²) < 4.78 is 15.8. The Morgan fingerprint density at radius 3 is 2.24 bits per heavy atom. The molecule has 3 rings (SSSR count). The van der Waals surface area contributed by atoms with Crippen LogP contribution in [0, 0.1) is 0 Å². The van der Waals surface area contributed by atoms with Crippen LogP contribution in [0.1, 0.15) is 5.56 Å². The summed E-state index contributed by atoms with van der Waals surface area (Å²) in [6, 6.07) is 11.4. The first-order chi connectivity index (χ1) is 12.1. The van der Waals surface area contributed by atoms with E-state index in [2.05, 4.69) is 15.3 Å². The summed E-state index contributed by atoms with van der Waals surface area (Å²) in [4.78, 5) is 8.56. The van der Waals surface area contributed by atoms with Crippen molar-refractivity contribution in [3.05, 3.63) is 47.2 Å². The zero-order chi connectivity index (χ0) is 17.8. The SMILES string of the molecule is COc1ccc(CNc2nc(Cl)nc3cc(OC)c(OC)cc23)cc1. The molecule has 0 saturated carbocycles. The van der Waals surface area contributed by atoms with Gasteiger partial charge in [0.05, 0.1) is 26.8 Å². The third-order valence-electron chi connectivity index (χ3n) is 3.79. The molecule has 3 aromatic rings. The van der Waals surface area contributed by atoms with Gasteiger partial charge in [0.1, 0.15) is 11.6 Å². The fourth-order valence-corrected chi connectivity index (χ4v) is 2.67. The van der Waals surface area contributed by atoms with Crippen LogP contribution in [0.4, 0.5) is 5.82 Å². The molecule has 1 heterocycles. The van der Waals surface area contributed by atoms with Crippen LogP contribution >= 0.6 is 11.6 Å². The van der Waals surface area contributed by atoms with E-state index in [-0.39, 0.29) is 5.28 Å². The largest absolute Gasteiger partial charge is 0.497 e. The minimum atomic E-state index is 0.164. The quantitative estimate of drug-likeness (QED) is 0.673. The van der Waals surface area contributed by atoms with Gasteiger partial charge >= 0.3 is 0 Å². The third-order valence-corrected chi connectivity index (χ3v) is 3.96. The van der Waals surface area contributed by atoms with Gasteiger partial charge < -0.3 is 19.5 Å². The van der Waals surface area contributed by atoms with Gasteiger partial charge in [0, 0.05) is 18.0 Å². The van der Waals surface area contributed by atoms with Gasteiger partial charge in [-0.3, -0.25) is 0 Å². The number of methoxy groups -OCH3 is 3. The first-order valence-corrected chi connectivity index (χ1v) is 7.98. The van der Waals surface area contributed by atoms with Crippen molar-refractivity contribution in [1.29, 1.82) is 0 Å². The molecule has 0 saturated heterocycles. The Morgan fingerprint density at radius 1 is 0.920 bits per heavy atom. The molecule has 0 aliphatic heterocycles. The molecule has 2 aromatic carbocycles. The van der Waals surface area contributed by atoms with Crippen molar-refractivity contribution in [2.75, 3.05) is 26.6 Å². The lowest BCUT2D eigenvalue weighted by Crippen LogP contribution is -2.04. The van der Waals surface area contributed by atoms with E-state index in [4.69, 9.17) is 25.8 Å². The third kappa shape index (κ3) is 3.69. The highest BCUT2D eigenvalue weighted by atomic mass is 35.5. The van der Waals surface area contributed by atoms with Crippen molar-refractivity contribution in [3.8, 4) is 17.2 Å². The molecule has 0 aliphatic rings.